The van der Waals surface area contributed by atoms with Crippen LogP contribution < -0.4 is 10.1 Å². The topological polar surface area (TPSA) is 88.8 Å². The number of anilines is 1. The summed E-state index contributed by atoms with van der Waals surface area (Å²) in [5, 5.41) is 1.97. The molecule has 0 radical (unpaired) electrons. The fourth-order valence-electron chi connectivity index (χ4n) is 3.22. The molecular formula is C24H17F3N2O5S. The summed E-state index contributed by atoms with van der Waals surface area (Å²) in [4.78, 5) is 38.1. The first kappa shape index (κ1) is 24.1. The molecule has 0 spiro atoms. The molecule has 2 heterocycles. The first-order chi connectivity index (χ1) is 16.6. The zero-order chi connectivity index (χ0) is 25.2. The van der Waals surface area contributed by atoms with Crippen molar-refractivity contribution in [3.05, 3.63) is 76.9 Å². The van der Waals surface area contributed by atoms with Crippen LogP contribution in [-0.2, 0) is 15.8 Å². The molecule has 3 aromatic rings. The number of nitrogens with zero attached hydrogens (tertiary/aromatic N) is 1. The highest BCUT2D eigenvalue weighted by Gasteiger charge is 2.36. The molecule has 0 unspecified atom stereocenters. The summed E-state index contributed by atoms with van der Waals surface area (Å²) in [7, 11) is 1.51. The van der Waals surface area contributed by atoms with Crippen molar-refractivity contribution in [3.63, 3.8) is 0 Å². The van der Waals surface area contributed by atoms with Crippen LogP contribution in [0.4, 0.5) is 23.7 Å². The lowest BCUT2D eigenvalue weighted by Gasteiger charge is -2.12. The van der Waals surface area contributed by atoms with E-state index in [9.17, 15) is 27.6 Å². The van der Waals surface area contributed by atoms with Crippen LogP contribution in [0.2, 0.25) is 0 Å². The third-order valence-electron chi connectivity index (χ3n) is 4.92. The van der Waals surface area contributed by atoms with Crippen LogP contribution in [0.3, 0.4) is 0 Å². The summed E-state index contributed by atoms with van der Waals surface area (Å²) in [5.41, 5.74) is -0.138. The number of imide groups is 1. The van der Waals surface area contributed by atoms with Gasteiger partial charge in [-0.3, -0.25) is 19.3 Å². The number of carbonyl (C=O) groups excluding carboxylic acids is 3. The highest BCUT2D eigenvalue weighted by molar-refractivity contribution is 8.18. The van der Waals surface area contributed by atoms with E-state index in [2.05, 4.69) is 5.32 Å². The number of hydrogen-bond donors (Lipinski definition) is 1. The quantitative estimate of drug-likeness (QED) is 0.439. The van der Waals surface area contributed by atoms with Gasteiger partial charge in [0.1, 0.15) is 23.8 Å². The number of halogens is 3. The van der Waals surface area contributed by atoms with Crippen molar-refractivity contribution < 1.29 is 36.7 Å². The van der Waals surface area contributed by atoms with Gasteiger partial charge in [-0.25, -0.2) is 0 Å². The van der Waals surface area contributed by atoms with E-state index in [0.717, 1.165) is 17.0 Å². The largest absolute Gasteiger partial charge is 0.497 e. The number of hydrogen-bond acceptors (Lipinski definition) is 6. The molecule has 4 rings (SSSR count). The minimum absolute atomic E-state index is 0.0252. The second-order valence-corrected chi connectivity index (χ2v) is 8.32. The van der Waals surface area contributed by atoms with Crippen molar-refractivity contribution in [1.29, 1.82) is 0 Å². The van der Waals surface area contributed by atoms with Crippen LogP contribution in [-0.4, -0.2) is 35.6 Å². The Morgan fingerprint density at radius 2 is 1.86 bits per heavy atom. The molecule has 0 atom stereocenters. The van der Waals surface area contributed by atoms with E-state index < -0.39 is 35.3 Å². The van der Waals surface area contributed by atoms with E-state index in [4.69, 9.17) is 9.15 Å². The Labute approximate surface area is 201 Å². The number of carbonyl (C=O) groups is 3. The summed E-state index contributed by atoms with van der Waals surface area (Å²) < 4.78 is 49.5. The Bertz CT molecular complexity index is 1320. The normalized spacial score (nSPS) is 15.1. The van der Waals surface area contributed by atoms with Gasteiger partial charge < -0.3 is 14.5 Å². The second-order valence-electron chi connectivity index (χ2n) is 7.33. The lowest BCUT2D eigenvalue weighted by molar-refractivity contribution is -0.137. The van der Waals surface area contributed by atoms with Crippen molar-refractivity contribution in [2.24, 2.45) is 0 Å². The van der Waals surface area contributed by atoms with Gasteiger partial charge in [0.25, 0.3) is 11.1 Å². The van der Waals surface area contributed by atoms with Crippen LogP contribution in [0.1, 0.15) is 11.3 Å². The summed E-state index contributed by atoms with van der Waals surface area (Å²) in [5.74, 6) is -0.301. The predicted molar refractivity (Wildman–Crippen MR) is 123 cm³/mol. The average molecular weight is 502 g/mol. The van der Waals surface area contributed by atoms with Gasteiger partial charge in [-0.05, 0) is 60.3 Å². The van der Waals surface area contributed by atoms with E-state index in [1.165, 1.54) is 37.5 Å². The van der Waals surface area contributed by atoms with Gasteiger partial charge in [0.05, 0.1) is 17.6 Å². The first-order valence-corrected chi connectivity index (χ1v) is 10.9. The van der Waals surface area contributed by atoms with E-state index in [-0.39, 0.29) is 22.0 Å². The number of rotatable bonds is 6. The first-order valence-electron chi connectivity index (χ1n) is 10.1. The molecule has 3 amide bonds. The van der Waals surface area contributed by atoms with Crippen molar-refractivity contribution in [3.8, 4) is 17.1 Å². The molecule has 1 aliphatic rings. The molecule has 1 fully saturated rings. The Hall–Kier alpha value is -3.99. The number of nitrogens with one attached hydrogen (secondary N) is 1. The highest BCUT2D eigenvalue weighted by Crippen LogP contribution is 2.35. The summed E-state index contributed by atoms with van der Waals surface area (Å²) in [6, 6.07) is 14.1. The average Bonchev–Trinajstić information content (AvgIpc) is 3.39. The fourth-order valence-corrected chi connectivity index (χ4v) is 4.04. The number of thioether (sulfide) groups is 1. The molecule has 2 aromatic carbocycles. The van der Waals surface area contributed by atoms with E-state index in [1.54, 1.807) is 24.3 Å². The Balaban J connectivity index is 1.44. The summed E-state index contributed by atoms with van der Waals surface area (Å²) >= 11 is 0.634. The number of benzene rings is 2. The van der Waals surface area contributed by atoms with Crippen LogP contribution >= 0.6 is 11.8 Å². The molecule has 35 heavy (non-hydrogen) atoms. The van der Waals surface area contributed by atoms with Gasteiger partial charge in [0, 0.05) is 17.3 Å². The monoisotopic (exact) mass is 502 g/mol. The summed E-state index contributed by atoms with van der Waals surface area (Å²) in [6.45, 7) is -0.484. The third kappa shape index (κ3) is 5.57. The summed E-state index contributed by atoms with van der Waals surface area (Å²) in [6.07, 6.45) is -3.19. The van der Waals surface area contributed by atoms with E-state index in [1.807, 2.05) is 0 Å². The van der Waals surface area contributed by atoms with Crippen LogP contribution in [0.15, 0.2) is 70.0 Å². The molecule has 180 valence electrons. The number of ether oxygens (including phenoxy) is 1. The third-order valence-corrected chi connectivity index (χ3v) is 5.83. The minimum Gasteiger partial charge on any atom is -0.497 e. The maximum atomic E-state index is 13.0. The Kier molecular flexibility index (Phi) is 6.70. The Morgan fingerprint density at radius 3 is 2.54 bits per heavy atom. The van der Waals surface area contributed by atoms with Crippen molar-refractivity contribution in [2.75, 3.05) is 19.0 Å². The molecule has 0 saturated carbocycles. The number of alkyl halides is 3. The molecule has 1 aromatic heterocycles. The molecular weight excluding hydrogens is 485 g/mol. The SMILES string of the molecule is COc1ccc(NC(=O)CN2C(=O)S/C(=C/c3ccc(-c4cccc(C(F)(F)F)c4)o3)C2=O)cc1. The predicted octanol–water partition coefficient (Wildman–Crippen LogP) is 5.65. The van der Waals surface area contributed by atoms with Crippen molar-refractivity contribution in [2.45, 2.75) is 6.18 Å². The van der Waals surface area contributed by atoms with Gasteiger partial charge in [0.2, 0.25) is 5.91 Å². The molecule has 0 bridgehead atoms. The maximum absolute atomic E-state index is 13.0. The molecule has 11 heteroatoms. The second kappa shape index (κ2) is 9.71. The molecule has 1 aliphatic heterocycles. The van der Waals surface area contributed by atoms with Crippen molar-refractivity contribution >= 4 is 40.6 Å². The number of furan rings is 1. The molecule has 1 N–H and O–H groups in total. The molecule has 7 nitrogen and oxygen atoms in total. The van der Waals surface area contributed by atoms with Crippen molar-refractivity contribution in [1.82, 2.24) is 4.90 Å². The van der Waals surface area contributed by atoms with Gasteiger partial charge in [0.15, 0.2) is 0 Å². The highest BCUT2D eigenvalue weighted by atomic mass is 32.2. The standard InChI is InChI=1S/C24H17F3N2O5S/c1-33-17-7-5-16(6-8-17)28-21(30)13-29-22(31)20(35-23(29)32)12-18-9-10-19(34-18)14-3-2-4-15(11-14)24(25,26)27/h2-12H,13H2,1H3,(H,28,30)/b20-12+. The fraction of sp³-hybridized carbons (Fsp3) is 0.125. The maximum Gasteiger partial charge on any atom is 0.416 e. The zero-order valence-electron chi connectivity index (χ0n) is 18.1. The smallest absolute Gasteiger partial charge is 0.416 e. The van der Waals surface area contributed by atoms with Gasteiger partial charge >= 0.3 is 6.18 Å². The van der Waals surface area contributed by atoms with E-state index in [0.29, 0.717) is 23.2 Å². The number of amides is 3. The number of methoxy groups -OCH3 is 1. The van der Waals surface area contributed by atoms with Gasteiger partial charge in [-0.2, -0.15) is 13.2 Å². The Morgan fingerprint density at radius 1 is 1.11 bits per heavy atom. The van der Waals surface area contributed by atoms with Gasteiger partial charge in [-0.15, -0.1) is 0 Å². The molecule has 0 aliphatic carbocycles. The zero-order valence-corrected chi connectivity index (χ0v) is 18.9. The van der Waals surface area contributed by atoms with Gasteiger partial charge in [-0.1, -0.05) is 12.1 Å². The van der Waals surface area contributed by atoms with Crippen LogP contribution in [0, 0.1) is 0 Å². The lowest BCUT2D eigenvalue weighted by Crippen LogP contribution is -2.36. The van der Waals surface area contributed by atoms with Crippen LogP contribution in [0.25, 0.3) is 17.4 Å². The minimum atomic E-state index is -4.50. The van der Waals surface area contributed by atoms with Crippen LogP contribution in [0.5, 0.6) is 5.75 Å². The molecule has 1 saturated heterocycles. The lowest BCUT2D eigenvalue weighted by atomic mass is 10.1. The van der Waals surface area contributed by atoms with E-state index >= 15 is 0 Å².